The van der Waals surface area contributed by atoms with E-state index in [-0.39, 0.29) is 25.4 Å². The maximum Gasteiger partial charge on any atom is 0.347 e. The molecule has 1 aliphatic heterocycles. The number of para-hydroxylation sites is 1. The largest absolute Gasteiger partial charge is 0.479 e. The van der Waals surface area contributed by atoms with Crippen LogP contribution in [0.2, 0.25) is 0 Å². The number of hydrogen-bond donors (Lipinski definition) is 0. The van der Waals surface area contributed by atoms with Gasteiger partial charge in [-0.05, 0) is 31.9 Å². The third-order valence-electron chi connectivity index (χ3n) is 4.29. The standard InChI is InChI=1S/C21H30O5/c1-3-4-5-6-8-11-18-14-23-16-25-20(18)15-24-21(22)17(2)26-19-12-9-7-10-13-19/h7-13,17-18,20H,3-6,14-16H2,1-2H3/b11-8-/t17-,18+,20-/m0/s1. The number of hydrogen-bond acceptors (Lipinski definition) is 5. The molecular weight excluding hydrogens is 332 g/mol. The molecule has 0 spiro atoms. The van der Waals surface area contributed by atoms with E-state index >= 15 is 0 Å². The molecule has 1 aromatic rings. The van der Waals surface area contributed by atoms with Crippen LogP contribution >= 0.6 is 0 Å². The maximum atomic E-state index is 12.2. The average molecular weight is 362 g/mol. The van der Waals surface area contributed by atoms with Crippen LogP contribution in [0.4, 0.5) is 0 Å². The van der Waals surface area contributed by atoms with E-state index in [2.05, 4.69) is 19.1 Å². The van der Waals surface area contributed by atoms with Gasteiger partial charge in [-0.2, -0.15) is 0 Å². The highest BCUT2D eigenvalue weighted by Crippen LogP contribution is 2.18. The molecule has 0 radical (unpaired) electrons. The number of allylic oxidation sites excluding steroid dienone is 1. The summed E-state index contributed by atoms with van der Waals surface area (Å²) in [5.74, 6) is 0.352. The first-order chi connectivity index (χ1) is 12.7. The van der Waals surface area contributed by atoms with E-state index in [1.807, 2.05) is 30.3 Å². The van der Waals surface area contributed by atoms with Crippen LogP contribution in [0.1, 0.15) is 39.5 Å². The van der Waals surface area contributed by atoms with E-state index in [1.165, 1.54) is 19.3 Å². The fourth-order valence-electron chi connectivity index (χ4n) is 2.72. The molecule has 1 saturated heterocycles. The highest BCUT2D eigenvalue weighted by atomic mass is 16.7. The fourth-order valence-corrected chi connectivity index (χ4v) is 2.72. The minimum atomic E-state index is -0.666. The number of unbranched alkanes of at least 4 members (excludes halogenated alkanes) is 3. The van der Waals surface area contributed by atoms with Crippen molar-refractivity contribution >= 4 is 5.97 Å². The van der Waals surface area contributed by atoms with E-state index in [9.17, 15) is 4.79 Å². The molecular formula is C21H30O5. The molecule has 1 aliphatic rings. The van der Waals surface area contributed by atoms with Crippen molar-refractivity contribution in [3.05, 3.63) is 42.5 Å². The van der Waals surface area contributed by atoms with E-state index in [0.717, 1.165) is 6.42 Å². The first-order valence-electron chi connectivity index (χ1n) is 9.45. The van der Waals surface area contributed by atoms with Crippen LogP contribution < -0.4 is 4.74 Å². The van der Waals surface area contributed by atoms with Crippen LogP contribution in [-0.4, -0.2) is 38.2 Å². The van der Waals surface area contributed by atoms with Gasteiger partial charge in [-0.3, -0.25) is 0 Å². The van der Waals surface area contributed by atoms with Gasteiger partial charge >= 0.3 is 5.97 Å². The topological polar surface area (TPSA) is 54.0 Å². The second-order valence-corrected chi connectivity index (χ2v) is 6.48. The Kier molecular flexibility index (Phi) is 9.21. The zero-order valence-corrected chi connectivity index (χ0v) is 15.8. The van der Waals surface area contributed by atoms with Gasteiger partial charge in [-0.15, -0.1) is 0 Å². The molecule has 1 heterocycles. The number of benzene rings is 1. The number of rotatable bonds is 10. The van der Waals surface area contributed by atoms with Crippen molar-refractivity contribution in [3.8, 4) is 5.75 Å². The molecule has 144 valence electrons. The van der Waals surface area contributed by atoms with Crippen molar-refractivity contribution in [2.75, 3.05) is 20.0 Å². The molecule has 0 saturated carbocycles. The van der Waals surface area contributed by atoms with Crippen LogP contribution in [0, 0.1) is 5.92 Å². The van der Waals surface area contributed by atoms with Gasteiger partial charge in [-0.25, -0.2) is 4.79 Å². The lowest BCUT2D eigenvalue weighted by atomic mass is 10.0. The van der Waals surface area contributed by atoms with Crippen molar-refractivity contribution < 1.29 is 23.7 Å². The Hall–Kier alpha value is -1.85. The van der Waals surface area contributed by atoms with Crippen LogP contribution in [0.5, 0.6) is 5.75 Å². The Labute approximate surface area is 156 Å². The first-order valence-corrected chi connectivity index (χ1v) is 9.45. The summed E-state index contributed by atoms with van der Waals surface area (Å²) < 4.78 is 22.0. The zero-order chi connectivity index (χ0) is 18.6. The van der Waals surface area contributed by atoms with Gasteiger partial charge < -0.3 is 18.9 Å². The van der Waals surface area contributed by atoms with E-state index in [0.29, 0.717) is 12.4 Å². The SMILES string of the molecule is CCCCC/C=C\[C@@H]1COCO[C@H]1COC(=O)[C@H](C)Oc1ccccc1. The summed E-state index contributed by atoms with van der Waals surface area (Å²) in [6.45, 7) is 4.90. The summed E-state index contributed by atoms with van der Waals surface area (Å²) in [7, 11) is 0. The van der Waals surface area contributed by atoms with Crippen molar-refractivity contribution in [2.45, 2.75) is 51.7 Å². The quantitative estimate of drug-likeness (QED) is 0.356. The van der Waals surface area contributed by atoms with Gasteiger partial charge in [0.15, 0.2) is 6.10 Å². The Morgan fingerprint density at radius 3 is 2.88 bits per heavy atom. The summed E-state index contributed by atoms with van der Waals surface area (Å²) in [5.41, 5.74) is 0. The second kappa shape index (κ2) is 11.7. The number of carbonyl (C=O) groups is 1. The molecule has 2 rings (SSSR count). The monoisotopic (exact) mass is 362 g/mol. The Bertz CT molecular complexity index is 543. The lowest BCUT2D eigenvalue weighted by Gasteiger charge is -2.29. The Morgan fingerprint density at radius 1 is 1.31 bits per heavy atom. The predicted molar refractivity (Wildman–Crippen MR) is 100.0 cm³/mol. The fraction of sp³-hybridized carbons (Fsp3) is 0.571. The van der Waals surface area contributed by atoms with Crippen molar-refractivity contribution in [1.29, 1.82) is 0 Å². The lowest BCUT2D eigenvalue weighted by Crippen LogP contribution is -2.38. The highest BCUT2D eigenvalue weighted by molar-refractivity contribution is 5.74. The average Bonchev–Trinajstić information content (AvgIpc) is 2.67. The molecule has 0 N–H and O–H groups in total. The number of ether oxygens (including phenoxy) is 4. The number of carbonyl (C=O) groups excluding carboxylic acids is 1. The zero-order valence-electron chi connectivity index (χ0n) is 15.8. The predicted octanol–water partition coefficient (Wildman–Crippen LogP) is 4.12. The summed E-state index contributed by atoms with van der Waals surface area (Å²) >= 11 is 0. The van der Waals surface area contributed by atoms with Crippen LogP contribution in [0.25, 0.3) is 0 Å². The summed E-state index contributed by atoms with van der Waals surface area (Å²) in [6.07, 6.45) is 8.15. The van der Waals surface area contributed by atoms with Gasteiger partial charge in [0.2, 0.25) is 0 Å². The van der Waals surface area contributed by atoms with Gasteiger partial charge in [0.1, 0.15) is 25.3 Å². The molecule has 0 aromatic heterocycles. The second-order valence-electron chi connectivity index (χ2n) is 6.48. The van der Waals surface area contributed by atoms with Crippen molar-refractivity contribution in [1.82, 2.24) is 0 Å². The molecule has 1 fully saturated rings. The molecule has 26 heavy (non-hydrogen) atoms. The van der Waals surface area contributed by atoms with Gasteiger partial charge in [-0.1, -0.05) is 50.1 Å². The summed E-state index contributed by atoms with van der Waals surface area (Å²) in [6, 6.07) is 9.24. The lowest BCUT2D eigenvalue weighted by molar-refractivity contribution is -0.185. The summed E-state index contributed by atoms with van der Waals surface area (Å²) in [4.78, 5) is 12.2. The normalized spacial score (nSPS) is 21.5. The molecule has 0 unspecified atom stereocenters. The molecule has 0 amide bonds. The van der Waals surface area contributed by atoms with E-state index in [1.54, 1.807) is 6.92 Å². The van der Waals surface area contributed by atoms with Crippen molar-refractivity contribution in [3.63, 3.8) is 0 Å². The maximum absolute atomic E-state index is 12.2. The third-order valence-corrected chi connectivity index (χ3v) is 4.29. The van der Waals surface area contributed by atoms with E-state index < -0.39 is 12.1 Å². The molecule has 0 aliphatic carbocycles. The Balaban J connectivity index is 1.76. The molecule has 5 heteroatoms. The van der Waals surface area contributed by atoms with Gasteiger partial charge in [0, 0.05) is 5.92 Å². The first kappa shape index (κ1) is 20.5. The minimum absolute atomic E-state index is 0.100. The Morgan fingerprint density at radius 2 is 2.12 bits per heavy atom. The molecule has 1 aromatic carbocycles. The molecule has 5 nitrogen and oxygen atoms in total. The molecule has 3 atom stereocenters. The van der Waals surface area contributed by atoms with Crippen LogP contribution in [0.3, 0.4) is 0 Å². The van der Waals surface area contributed by atoms with E-state index in [4.69, 9.17) is 18.9 Å². The van der Waals surface area contributed by atoms with Crippen molar-refractivity contribution in [2.24, 2.45) is 5.92 Å². The van der Waals surface area contributed by atoms with Gasteiger partial charge in [0.05, 0.1) is 6.61 Å². The van der Waals surface area contributed by atoms with Gasteiger partial charge in [0.25, 0.3) is 0 Å². The van der Waals surface area contributed by atoms with Crippen LogP contribution in [0.15, 0.2) is 42.5 Å². The highest BCUT2D eigenvalue weighted by Gasteiger charge is 2.27. The summed E-state index contributed by atoms with van der Waals surface area (Å²) in [5, 5.41) is 0. The number of esters is 1. The van der Waals surface area contributed by atoms with Crippen LogP contribution in [-0.2, 0) is 19.0 Å². The minimum Gasteiger partial charge on any atom is -0.479 e. The third kappa shape index (κ3) is 7.18. The molecule has 0 bridgehead atoms. The smallest absolute Gasteiger partial charge is 0.347 e.